The monoisotopic (exact) mass is 395 g/mol. The highest BCUT2D eigenvalue weighted by Gasteiger charge is 2.31. The van der Waals surface area contributed by atoms with Crippen LogP contribution in [-0.2, 0) is 19.5 Å². The minimum atomic E-state index is -3.64. The van der Waals surface area contributed by atoms with Crippen LogP contribution in [0.1, 0.15) is 16.8 Å². The number of carbonyl (C=O) groups is 1. The van der Waals surface area contributed by atoms with Crippen LogP contribution in [0, 0.1) is 0 Å². The first-order valence-electron chi connectivity index (χ1n) is 9.41. The van der Waals surface area contributed by atoms with Crippen molar-refractivity contribution in [3.05, 3.63) is 23.8 Å². The lowest BCUT2D eigenvalue weighted by Crippen LogP contribution is -2.44. The first-order chi connectivity index (χ1) is 13.1. The fraction of sp³-hybridized carbons (Fsp3) is 0.611. The van der Waals surface area contributed by atoms with Gasteiger partial charge in [0.25, 0.3) is 5.91 Å². The van der Waals surface area contributed by atoms with Crippen LogP contribution in [0.2, 0.25) is 0 Å². The highest BCUT2D eigenvalue weighted by molar-refractivity contribution is 7.89. The van der Waals surface area contributed by atoms with Crippen molar-refractivity contribution in [1.82, 2.24) is 9.21 Å². The molecule has 0 unspecified atom stereocenters. The smallest absolute Gasteiger partial charge is 0.256 e. The first kappa shape index (κ1) is 18.7. The number of ether oxygens (including phenoxy) is 2. The Morgan fingerprint density at radius 3 is 2.11 bits per heavy atom. The quantitative estimate of drug-likeness (QED) is 0.734. The molecule has 1 aromatic rings. The number of morpholine rings is 2. The average Bonchev–Trinajstić information content (AvgIpc) is 2.67. The molecule has 3 aliphatic heterocycles. The van der Waals surface area contributed by atoms with Crippen LogP contribution in [-0.4, -0.2) is 89.2 Å². The zero-order valence-corrected chi connectivity index (χ0v) is 16.1. The molecule has 0 saturated carbocycles. The van der Waals surface area contributed by atoms with Crippen molar-refractivity contribution in [3.8, 4) is 0 Å². The number of rotatable bonds is 4. The topological polar surface area (TPSA) is 79.4 Å². The van der Waals surface area contributed by atoms with E-state index in [0.29, 0.717) is 58.2 Å². The third-order valence-electron chi connectivity index (χ3n) is 5.30. The highest BCUT2D eigenvalue weighted by Crippen LogP contribution is 2.29. The molecule has 1 aromatic carbocycles. The zero-order valence-electron chi connectivity index (χ0n) is 15.3. The molecule has 3 fully saturated rings. The van der Waals surface area contributed by atoms with Gasteiger partial charge < -0.3 is 19.3 Å². The van der Waals surface area contributed by atoms with Crippen LogP contribution < -0.4 is 4.90 Å². The van der Waals surface area contributed by atoms with E-state index < -0.39 is 10.0 Å². The molecule has 0 bridgehead atoms. The summed E-state index contributed by atoms with van der Waals surface area (Å²) >= 11 is 0. The van der Waals surface area contributed by atoms with Crippen LogP contribution in [0.4, 0.5) is 5.69 Å². The number of anilines is 1. The van der Waals surface area contributed by atoms with Gasteiger partial charge in [0.05, 0.1) is 36.9 Å². The standard InChI is InChI=1S/C18H25N3O5S/c22-18(20-4-1-5-20)16-14-15(27(23,24)21-8-12-26-13-9-21)2-3-17(16)19-6-10-25-11-7-19/h2-3,14H,1,4-13H2. The molecule has 0 aromatic heterocycles. The summed E-state index contributed by atoms with van der Waals surface area (Å²) in [6.45, 7) is 5.49. The van der Waals surface area contributed by atoms with Gasteiger partial charge in [-0.05, 0) is 24.6 Å². The van der Waals surface area contributed by atoms with Gasteiger partial charge in [0.1, 0.15) is 0 Å². The number of sulfonamides is 1. The molecule has 3 heterocycles. The Morgan fingerprint density at radius 1 is 0.889 bits per heavy atom. The van der Waals surface area contributed by atoms with E-state index in [4.69, 9.17) is 9.47 Å². The van der Waals surface area contributed by atoms with Gasteiger partial charge >= 0.3 is 0 Å². The summed E-state index contributed by atoms with van der Waals surface area (Å²) in [7, 11) is -3.64. The van der Waals surface area contributed by atoms with Crippen molar-refractivity contribution >= 4 is 21.6 Å². The molecule has 0 atom stereocenters. The van der Waals surface area contributed by atoms with E-state index in [-0.39, 0.29) is 10.8 Å². The Balaban J connectivity index is 1.70. The van der Waals surface area contributed by atoms with Gasteiger partial charge in [0.2, 0.25) is 10.0 Å². The van der Waals surface area contributed by atoms with Crippen molar-refractivity contribution < 1.29 is 22.7 Å². The lowest BCUT2D eigenvalue weighted by molar-refractivity contribution is 0.0651. The summed E-state index contributed by atoms with van der Waals surface area (Å²) in [6.07, 6.45) is 0.990. The van der Waals surface area contributed by atoms with Gasteiger partial charge in [-0.2, -0.15) is 4.31 Å². The van der Waals surface area contributed by atoms with Crippen molar-refractivity contribution in [2.45, 2.75) is 11.3 Å². The molecule has 4 rings (SSSR count). The number of hydrogen-bond donors (Lipinski definition) is 0. The Bertz CT molecular complexity index is 797. The van der Waals surface area contributed by atoms with E-state index in [9.17, 15) is 13.2 Å². The normalized spacial score (nSPS) is 21.8. The molecule has 0 aliphatic carbocycles. The van der Waals surface area contributed by atoms with E-state index in [1.807, 2.05) is 0 Å². The van der Waals surface area contributed by atoms with E-state index in [1.54, 1.807) is 23.1 Å². The van der Waals surface area contributed by atoms with E-state index in [1.165, 1.54) is 4.31 Å². The number of carbonyl (C=O) groups excluding carboxylic acids is 1. The average molecular weight is 395 g/mol. The largest absolute Gasteiger partial charge is 0.379 e. The second-order valence-corrected chi connectivity index (χ2v) is 8.88. The first-order valence-corrected chi connectivity index (χ1v) is 10.9. The number of hydrogen-bond acceptors (Lipinski definition) is 6. The predicted molar refractivity (Wildman–Crippen MR) is 99.6 cm³/mol. The lowest BCUT2D eigenvalue weighted by atomic mass is 10.1. The molecular formula is C18H25N3O5S. The number of nitrogens with zero attached hydrogens (tertiary/aromatic N) is 3. The minimum absolute atomic E-state index is 0.0956. The van der Waals surface area contributed by atoms with Crippen molar-refractivity contribution in [2.75, 3.05) is 70.6 Å². The predicted octanol–water partition coefficient (Wildman–Crippen LogP) is 0.390. The SMILES string of the molecule is O=C(c1cc(S(=O)(=O)N2CCOCC2)ccc1N1CCOCC1)N1CCC1. The molecule has 3 saturated heterocycles. The van der Waals surface area contributed by atoms with Crippen molar-refractivity contribution in [3.63, 3.8) is 0 Å². The summed E-state index contributed by atoms with van der Waals surface area (Å²) in [5, 5.41) is 0. The van der Waals surface area contributed by atoms with E-state index in [2.05, 4.69) is 4.90 Å². The van der Waals surface area contributed by atoms with Gasteiger partial charge in [0, 0.05) is 45.0 Å². The molecule has 8 nitrogen and oxygen atoms in total. The molecule has 0 radical (unpaired) electrons. The van der Waals surface area contributed by atoms with Crippen LogP contribution >= 0.6 is 0 Å². The lowest BCUT2D eigenvalue weighted by Gasteiger charge is -2.35. The molecule has 0 spiro atoms. The fourth-order valence-electron chi connectivity index (χ4n) is 3.55. The van der Waals surface area contributed by atoms with Gasteiger partial charge in [-0.25, -0.2) is 8.42 Å². The maximum absolute atomic E-state index is 13.0. The molecule has 3 aliphatic rings. The Labute approximate surface area is 159 Å². The molecule has 27 heavy (non-hydrogen) atoms. The summed E-state index contributed by atoms with van der Waals surface area (Å²) < 4.78 is 38.1. The zero-order chi connectivity index (χ0) is 18.9. The summed E-state index contributed by atoms with van der Waals surface area (Å²) in [5.41, 5.74) is 1.25. The second-order valence-electron chi connectivity index (χ2n) is 6.94. The maximum Gasteiger partial charge on any atom is 0.256 e. The van der Waals surface area contributed by atoms with Gasteiger partial charge in [0.15, 0.2) is 0 Å². The van der Waals surface area contributed by atoms with Crippen molar-refractivity contribution in [1.29, 1.82) is 0 Å². The van der Waals surface area contributed by atoms with Crippen LogP contribution in [0.25, 0.3) is 0 Å². The Hall–Kier alpha value is -1.68. The van der Waals surface area contributed by atoms with Gasteiger partial charge in [-0.15, -0.1) is 0 Å². The van der Waals surface area contributed by atoms with E-state index >= 15 is 0 Å². The van der Waals surface area contributed by atoms with Crippen molar-refractivity contribution in [2.24, 2.45) is 0 Å². The van der Waals surface area contributed by atoms with Crippen LogP contribution in [0.5, 0.6) is 0 Å². The Kier molecular flexibility index (Phi) is 5.36. The second kappa shape index (κ2) is 7.75. The molecule has 1 amide bonds. The number of likely N-dealkylation sites (tertiary alicyclic amines) is 1. The Morgan fingerprint density at radius 2 is 1.52 bits per heavy atom. The molecule has 9 heteroatoms. The summed E-state index contributed by atoms with van der Waals surface area (Å²) in [4.78, 5) is 17.0. The third-order valence-corrected chi connectivity index (χ3v) is 7.20. The van der Waals surface area contributed by atoms with E-state index in [0.717, 1.165) is 25.2 Å². The maximum atomic E-state index is 13.0. The number of amides is 1. The third kappa shape index (κ3) is 3.69. The summed E-state index contributed by atoms with van der Waals surface area (Å²) in [6, 6.07) is 4.93. The summed E-state index contributed by atoms with van der Waals surface area (Å²) in [5.74, 6) is -0.0956. The molecular weight excluding hydrogens is 370 g/mol. The molecule has 0 N–H and O–H groups in total. The number of benzene rings is 1. The minimum Gasteiger partial charge on any atom is -0.379 e. The molecule has 148 valence electrons. The van der Waals surface area contributed by atoms with Gasteiger partial charge in [-0.3, -0.25) is 4.79 Å². The highest BCUT2D eigenvalue weighted by atomic mass is 32.2. The van der Waals surface area contributed by atoms with Crippen LogP contribution in [0.15, 0.2) is 23.1 Å². The van der Waals surface area contributed by atoms with Gasteiger partial charge in [-0.1, -0.05) is 0 Å². The fourth-order valence-corrected chi connectivity index (χ4v) is 4.99. The van der Waals surface area contributed by atoms with Crippen LogP contribution in [0.3, 0.4) is 0 Å².